The van der Waals surface area contributed by atoms with Gasteiger partial charge in [-0.05, 0) is 66.8 Å². The van der Waals surface area contributed by atoms with Crippen LogP contribution in [0.25, 0.3) is 22.5 Å². The average molecular weight is 620 g/mol. The third-order valence-electron chi connectivity index (χ3n) is 6.81. The number of hydrazine groups is 1. The van der Waals surface area contributed by atoms with Crippen LogP contribution in [-0.4, -0.2) is 27.2 Å². The molecule has 0 atom stereocenters. The van der Waals surface area contributed by atoms with Crippen molar-refractivity contribution >= 4 is 23.1 Å². The van der Waals surface area contributed by atoms with Crippen molar-refractivity contribution in [2.75, 3.05) is 11.3 Å². The number of aromatic nitrogens is 2. The topological polar surface area (TPSA) is 112 Å². The second-order valence-corrected chi connectivity index (χ2v) is 10.5. The zero-order valence-electron chi connectivity index (χ0n) is 23.0. The molecule has 0 unspecified atom stereocenters. The van der Waals surface area contributed by atoms with Crippen LogP contribution in [-0.2, 0) is 12.5 Å². The number of alkyl halides is 4. The van der Waals surface area contributed by atoms with Gasteiger partial charge >= 0.3 is 6.29 Å². The number of halogens is 5. The van der Waals surface area contributed by atoms with E-state index >= 15 is 0 Å². The van der Waals surface area contributed by atoms with Gasteiger partial charge in [0.15, 0.2) is 11.5 Å². The quantitative estimate of drug-likeness (QED) is 0.0916. The highest BCUT2D eigenvalue weighted by atomic mass is 32.2. The van der Waals surface area contributed by atoms with Gasteiger partial charge < -0.3 is 24.9 Å². The Kier molecular flexibility index (Phi) is 7.79. The predicted octanol–water partition coefficient (Wildman–Crippen LogP) is 6.27. The number of aryl methyl sites for hydroxylation is 1. The van der Waals surface area contributed by atoms with Gasteiger partial charge in [-0.2, -0.15) is 8.78 Å². The molecule has 43 heavy (non-hydrogen) atoms. The molecule has 14 heteroatoms. The number of nitrogens with two attached hydrogens (primary N) is 2. The number of nitrogens with zero attached hydrogens (tertiary/aromatic N) is 3. The van der Waals surface area contributed by atoms with Crippen LogP contribution in [0.4, 0.5) is 27.6 Å². The lowest BCUT2D eigenvalue weighted by molar-refractivity contribution is -0.286. The lowest BCUT2D eigenvalue weighted by Gasteiger charge is -2.26. The largest absolute Gasteiger partial charge is 0.586 e. The van der Waals surface area contributed by atoms with Crippen LogP contribution in [0.2, 0.25) is 0 Å². The van der Waals surface area contributed by atoms with Crippen LogP contribution in [0.15, 0.2) is 65.8 Å². The van der Waals surface area contributed by atoms with Crippen LogP contribution in [0, 0.1) is 12.7 Å². The van der Waals surface area contributed by atoms with Crippen LogP contribution < -0.4 is 26.1 Å². The molecule has 5 rings (SSSR count). The molecule has 0 fully saturated rings. The molecule has 1 aromatic heterocycles. The molecule has 1 aliphatic rings. The Morgan fingerprint density at radius 2 is 1.84 bits per heavy atom. The Balaban J connectivity index is 1.67. The van der Waals surface area contributed by atoms with Gasteiger partial charge in [-0.3, -0.25) is 5.01 Å². The number of fused-ring (bicyclic) bond motifs is 1. The highest BCUT2D eigenvalue weighted by Crippen LogP contribution is 2.43. The molecule has 0 saturated heterocycles. The molecule has 0 spiro atoms. The summed E-state index contributed by atoms with van der Waals surface area (Å²) in [5, 5.41) is 10.8. The van der Waals surface area contributed by atoms with Gasteiger partial charge in [0, 0.05) is 35.3 Å². The summed E-state index contributed by atoms with van der Waals surface area (Å²) >= 11 is 1.26. The number of hydrogen-bond donors (Lipinski definition) is 3. The van der Waals surface area contributed by atoms with Crippen molar-refractivity contribution in [1.29, 1.82) is 0 Å². The first kappa shape index (κ1) is 30.2. The van der Waals surface area contributed by atoms with E-state index in [-0.39, 0.29) is 39.8 Å². The summed E-state index contributed by atoms with van der Waals surface area (Å²) in [6.07, 6.45) is 0.222. The minimum atomic E-state index is -3.84. The van der Waals surface area contributed by atoms with E-state index in [4.69, 9.17) is 11.6 Å². The zero-order chi connectivity index (χ0) is 31.3. The third-order valence-corrected chi connectivity index (χ3v) is 7.61. The van der Waals surface area contributed by atoms with Crippen molar-refractivity contribution in [2.45, 2.75) is 37.6 Å². The Bertz CT molecular complexity index is 1740. The van der Waals surface area contributed by atoms with Gasteiger partial charge in [0.25, 0.3) is 5.92 Å². The standard InChI is InChI=1S/C29H26F5N5O3S/c1-15-37-27(28(2,31)32)13-38(15)21-6-4-16(18-8-20(30)19(14-40)26(11-18)43-3)9-22(21)39(36)23(12-35)17-5-7-24-25(10-17)42-29(33,34)41-24/h4-13,40H,14,35-36H2,1-3H3/b23-12-. The van der Waals surface area contributed by atoms with E-state index in [1.54, 1.807) is 37.4 Å². The molecular weight excluding hydrogens is 593 g/mol. The monoisotopic (exact) mass is 619 g/mol. The number of hydrogen-bond acceptors (Lipinski definition) is 8. The van der Waals surface area contributed by atoms with Crippen molar-refractivity contribution in [3.8, 4) is 28.3 Å². The molecule has 4 aromatic rings. The molecule has 0 aliphatic carbocycles. The van der Waals surface area contributed by atoms with Gasteiger partial charge in [0.2, 0.25) is 0 Å². The molecule has 2 heterocycles. The number of aliphatic hydroxyl groups excluding tert-OH is 1. The van der Waals surface area contributed by atoms with E-state index in [9.17, 15) is 27.1 Å². The van der Waals surface area contributed by atoms with Gasteiger partial charge in [0.05, 0.1) is 23.7 Å². The molecule has 226 valence electrons. The normalized spacial score (nSPS) is 14.3. The maximum Gasteiger partial charge on any atom is 0.586 e. The molecule has 8 nitrogen and oxygen atoms in total. The molecular formula is C29H26F5N5O3S. The third kappa shape index (κ3) is 5.72. The van der Waals surface area contributed by atoms with Crippen LogP contribution in [0.3, 0.4) is 0 Å². The second-order valence-electron chi connectivity index (χ2n) is 9.68. The average Bonchev–Trinajstić information content (AvgIpc) is 3.50. The first-order valence-corrected chi connectivity index (χ1v) is 13.9. The molecule has 0 amide bonds. The first-order valence-electron chi connectivity index (χ1n) is 12.7. The van der Waals surface area contributed by atoms with Crippen LogP contribution in [0.1, 0.15) is 29.6 Å². The molecule has 1 aliphatic heterocycles. The van der Waals surface area contributed by atoms with Gasteiger partial charge in [0.1, 0.15) is 17.3 Å². The number of anilines is 1. The highest BCUT2D eigenvalue weighted by Gasteiger charge is 2.43. The molecule has 0 saturated carbocycles. The smallest absolute Gasteiger partial charge is 0.403 e. The summed E-state index contributed by atoms with van der Waals surface area (Å²) in [4.78, 5) is 4.53. The summed E-state index contributed by atoms with van der Waals surface area (Å²) < 4.78 is 81.0. The van der Waals surface area contributed by atoms with Gasteiger partial charge in [-0.1, -0.05) is 6.07 Å². The Morgan fingerprint density at radius 3 is 2.47 bits per heavy atom. The number of imidazole rings is 1. The Hall–Kier alpha value is -4.27. The Labute approximate surface area is 247 Å². The highest BCUT2D eigenvalue weighted by molar-refractivity contribution is 7.98. The van der Waals surface area contributed by atoms with E-state index in [0.29, 0.717) is 21.7 Å². The number of benzene rings is 3. The molecule has 0 radical (unpaired) electrons. The summed E-state index contributed by atoms with van der Waals surface area (Å²) in [6, 6.07) is 11.8. The van der Waals surface area contributed by atoms with Crippen LogP contribution >= 0.6 is 11.8 Å². The number of aliphatic hydroxyl groups is 1. The zero-order valence-corrected chi connectivity index (χ0v) is 23.9. The number of thioether (sulfide) groups is 1. The maximum absolute atomic E-state index is 14.9. The minimum absolute atomic E-state index is 0.130. The fourth-order valence-corrected chi connectivity index (χ4v) is 5.35. The summed E-state index contributed by atoms with van der Waals surface area (Å²) in [7, 11) is 0. The van der Waals surface area contributed by atoms with Gasteiger partial charge in [-0.15, -0.1) is 20.5 Å². The van der Waals surface area contributed by atoms with Crippen molar-refractivity contribution in [3.63, 3.8) is 0 Å². The minimum Gasteiger partial charge on any atom is -0.403 e. The van der Waals surface area contributed by atoms with E-state index < -0.39 is 30.3 Å². The van der Waals surface area contributed by atoms with Crippen molar-refractivity contribution in [3.05, 3.63) is 89.4 Å². The number of rotatable bonds is 8. The van der Waals surface area contributed by atoms with Crippen molar-refractivity contribution < 1.29 is 36.5 Å². The van der Waals surface area contributed by atoms with Gasteiger partial charge in [-0.25, -0.2) is 15.2 Å². The lowest BCUT2D eigenvalue weighted by Crippen LogP contribution is -2.31. The molecule has 0 bridgehead atoms. The van der Waals surface area contributed by atoms with E-state index in [1.807, 2.05) is 0 Å². The molecule has 5 N–H and O–H groups in total. The van der Waals surface area contributed by atoms with E-state index in [0.717, 1.165) is 18.1 Å². The van der Waals surface area contributed by atoms with Crippen LogP contribution in [0.5, 0.6) is 11.5 Å². The Morgan fingerprint density at radius 1 is 1.12 bits per heavy atom. The summed E-state index contributed by atoms with van der Waals surface area (Å²) in [5.74, 6) is 2.57. The maximum atomic E-state index is 14.9. The fraction of sp³-hybridized carbons (Fsp3) is 0.207. The lowest BCUT2D eigenvalue weighted by atomic mass is 10.0. The van der Waals surface area contributed by atoms with Crippen molar-refractivity contribution in [1.82, 2.24) is 9.55 Å². The second kappa shape index (κ2) is 11.1. The summed E-state index contributed by atoms with van der Waals surface area (Å²) in [6.45, 7) is 1.78. The van der Waals surface area contributed by atoms with E-state index in [1.165, 1.54) is 46.8 Å². The first-order chi connectivity index (χ1) is 20.3. The predicted molar refractivity (Wildman–Crippen MR) is 152 cm³/mol. The van der Waals surface area contributed by atoms with Crippen molar-refractivity contribution in [2.24, 2.45) is 11.6 Å². The fourth-order valence-electron chi connectivity index (χ4n) is 4.70. The summed E-state index contributed by atoms with van der Waals surface area (Å²) in [5.41, 5.74) is 7.53. The molecule has 3 aromatic carbocycles. The van der Waals surface area contributed by atoms with E-state index in [2.05, 4.69) is 14.5 Å². The SMILES string of the molecule is CSc1cc(-c2ccc(-n3cc(C(C)(F)F)nc3C)c(N(N)/C(=C\N)c3ccc4c(c3)OC(F)(F)O4)c2)cc(F)c1CO. The number of ether oxygens (including phenoxy) is 2.